The molecule has 0 fully saturated rings. The van der Waals surface area contributed by atoms with Crippen LogP contribution in [-0.2, 0) is 10.0 Å². The zero-order valence-electron chi connectivity index (χ0n) is 10.8. The molecule has 2 aromatic heterocycles. The number of sulfonamides is 1. The van der Waals surface area contributed by atoms with Crippen molar-refractivity contribution in [1.82, 2.24) is 19.6 Å². The van der Waals surface area contributed by atoms with Crippen LogP contribution in [-0.4, -0.2) is 28.0 Å². The number of rotatable bonds is 3. The van der Waals surface area contributed by atoms with Gasteiger partial charge in [-0.25, -0.2) is 0 Å². The molecular weight excluding hydrogens is 408 g/mol. The van der Waals surface area contributed by atoms with Gasteiger partial charge in [-0.05, 0) is 12.1 Å². The average molecular weight is 413 g/mol. The number of nitrogens with zero attached hydrogens (tertiary/aromatic N) is 4. The molecular formula is C11H5Cl4N5O2S. The SMILES string of the molecule is O=S(=O)(Nc1c(Cl)cccc1Cl)c1nc2nc(Cl)cc(Cl)n2n1. The van der Waals surface area contributed by atoms with E-state index in [0.717, 1.165) is 4.52 Å². The van der Waals surface area contributed by atoms with Crippen LogP contribution in [0.3, 0.4) is 0 Å². The number of benzene rings is 1. The van der Waals surface area contributed by atoms with E-state index in [1.165, 1.54) is 18.2 Å². The van der Waals surface area contributed by atoms with Crippen molar-refractivity contribution in [2.45, 2.75) is 5.16 Å². The first kappa shape index (κ1) is 16.5. The van der Waals surface area contributed by atoms with Crippen molar-refractivity contribution >= 4 is 67.9 Å². The molecule has 0 radical (unpaired) electrons. The van der Waals surface area contributed by atoms with E-state index in [2.05, 4.69) is 19.8 Å². The lowest BCUT2D eigenvalue weighted by molar-refractivity contribution is 0.592. The summed E-state index contributed by atoms with van der Waals surface area (Å²) >= 11 is 23.5. The minimum absolute atomic E-state index is 0.0202. The van der Waals surface area contributed by atoms with Crippen LogP contribution in [0.2, 0.25) is 20.4 Å². The zero-order chi connectivity index (χ0) is 16.8. The number of hydrogen-bond donors (Lipinski definition) is 1. The third-order valence-corrected chi connectivity index (χ3v) is 4.88. The van der Waals surface area contributed by atoms with E-state index in [1.807, 2.05) is 0 Å². The smallest absolute Gasteiger partial charge is 0.274 e. The molecule has 12 heteroatoms. The van der Waals surface area contributed by atoms with Gasteiger partial charge < -0.3 is 0 Å². The van der Waals surface area contributed by atoms with Crippen LogP contribution in [0.15, 0.2) is 29.4 Å². The summed E-state index contributed by atoms with van der Waals surface area (Å²) in [7, 11) is -4.15. The number of aromatic nitrogens is 4. The lowest BCUT2D eigenvalue weighted by atomic mass is 10.3. The summed E-state index contributed by atoms with van der Waals surface area (Å²) in [6.45, 7) is 0. The molecule has 120 valence electrons. The van der Waals surface area contributed by atoms with Gasteiger partial charge >= 0.3 is 0 Å². The summed E-state index contributed by atoms with van der Waals surface area (Å²) in [5, 5.41) is 3.62. The highest BCUT2D eigenvalue weighted by molar-refractivity contribution is 7.92. The maximum atomic E-state index is 12.4. The fraction of sp³-hybridized carbons (Fsp3) is 0. The molecule has 1 N–H and O–H groups in total. The van der Waals surface area contributed by atoms with Gasteiger partial charge in [-0.1, -0.05) is 52.5 Å². The van der Waals surface area contributed by atoms with Crippen LogP contribution in [0, 0.1) is 0 Å². The predicted octanol–water partition coefficient (Wildman–Crippen LogP) is 3.54. The minimum atomic E-state index is -4.15. The highest BCUT2D eigenvalue weighted by Gasteiger charge is 2.24. The van der Waals surface area contributed by atoms with Crippen LogP contribution in [0.25, 0.3) is 5.78 Å². The summed E-state index contributed by atoms with van der Waals surface area (Å²) in [5.74, 6) is -0.0619. The number of hydrogen-bond acceptors (Lipinski definition) is 5. The lowest BCUT2D eigenvalue weighted by Gasteiger charge is -2.08. The van der Waals surface area contributed by atoms with E-state index in [9.17, 15) is 8.42 Å². The van der Waals surface area contributed by atoms with Crippen molar-refractivity contribution in [1.29, 1.82) is 0 Å². The van der Waals surface area contributed by atoms with Crippen molar-refractivity contribution < 1.29 is 8.42 Å². The molecule has 0 bridgehead atoms. The molecule has 0 unspecified atom stereocenters. The third-order valence-electron chi connectivity index (χ3n) is 2.66. The second-order valence-corrected chi connectivity index (χ2v) is 7.37. The molecule has 0 aliphatic carbocycles. The Morgan fingerprint density at radius 3 is 2.35 bits per heavy atom. The maximum Gasteiger partial charge on any atom is 0.299 e. The summed E-state index contributed by atoms with van der Waals surface area (Å²) in [6, 6.07) is 5.86. The second kappa shape index (κ2) is 5.95. The van der Waals surface area contributed by atoms with Crippen LogP contribution in [0.1, 0.15) is 0 Å². The Morgan fingerprint density at radius 2 is 1.70 bits per heavy atom. The number of fused-ring (bicyclic) bond motifs is 1. The van der Waals surface area contributed by atoms with Crippen molar-refractivity contribution in [2.24, 2.45) is 0 Å². The number of nitrogens with one attached hydrogen (secondary N) is 1. The maximum absolute atomic E-state index is 12.4. The van der Waals surface area contributed by atoms with Gasteiger partial charge in [-0.2, -0.15) is 22.9 Å². The second-order valence-electron chi connectivity index (χ2n) is 4.21. The van der Waals surface area contributed by atoms with E-state index in [1.54, 1.807) is 6.07 Å². The van der Waals surface area contributed by atoms with E-state index in [-0.39, 0.29) is 31.8 Å². The first-order chi connectivity index (χ1) is 10.8. The molecule has 23 heavy (non-hydrogen) atoms. The molecule has 1 aromatic carbocycles. The average Bonchev–Trinajstić information content (AvgIpc) is 2.88. The monoisotopic (exact) mass is 411 g/mol. The van der Waals surface area contributed by atoms with E-state index < -0.39 is 15.2 Å². The summed E-state index contributed by atoms with van der Waals surface area (Å²) in [5.41, 5.74) is 0.0202. The Morgan fingerprint density at radius 1 is 1.04 bits per heavy atom. The summed E-state index contributed by atoms with van der Waals surface area (Å²) in [4.78, 5) is 7.64. The molecule has 0 saturated carbocycles. The van der Waals surface area contributed by atoms with Gasteiger partial charge in [0, 0.05) is 6.07 Å². The van der Waals surface area contributed by atoms with Gasteiger partial charge in [0.05, 0.1) is 15.7 Å². The Labute approximate surface area is 150 Å². The highest BCUT2D eigenvalue weighted by atomic mass is 35.5. The Balaban J connectivity index is 2.08. The molecule has 3 aromatic rings. The molecule has 0 amide bonds. The third kappa shape index (κ3) is 3.17. The molecule has 3 rings (SSSR count). The predicted molar refractivity (Wildman–Crippen MR) is 88.1 cm³/mol. The van der Waals surface area contributed by atoms with Crippen LogP contribution in [0.4, 0.5) is 5.69 Å². The molecule has 7 nitrogen and oxygen atoms in total. The fourth-order valence-electron chi connectivity index (χ4n) is 1.68. The van der Waals surface area contributed by atoms with E-state index in [0.29, 0.717) is 0 Å². The minimum Gasteiger partial charge on any atom is -0.274 e. The molecule has 0 spiro atoms. The fourth-order valence-corrected chi connectivity index (χ4v) is 3.70. The number of anilines is 1. The van der Waals surface area contributed by atoms with Gasteiger partial charge in [-0.15, -0.1) is 5.10 Å². The molecule has 0 aliphatic heterocycles. The van der Waals surface area contributed by atoms with Gasteiger partial charge in [0.1, 0.15) is 10.3 Å². The number of halogens is 4. The Bertz CT molecular complexity index is 1000. The van der Waals surface area contributed by atoms with Gasteiger partial charge in [0.2, 0.25) is 0 Å². The Hall–Kier alpha value is -1.32. The standard InChI is InChI=1S/C11H5Cl4N5O2S/c12-5-2-1-3-6(13)9(5)19-23(21,22)11-17-10-16-7(14)4-8(15)20(10)18-11/h1-4,19H. The Kier molecular flexibility index (Phi) is 4.28. The van der Waals surface area contributed by atoms with Crippen molar-refractivity contribution in [3.8, 4) is 0 Å². The quantitative estimate of drug-likeness (QED) is 0.664. The van der Waals surface area contributed by atoms with Crippen LogP contribution >= 0.6 is 46.4 Å². The van der Waals surface area contributed by atoms with E-state index >= 15 is 0 Å². The van der Waals surface area contributed by atoms with Crippen LogP contribution < -0.4 is 4.72 Å². The molecule has 0 aliphatic rings. The van der Waals surface area contributed by atoms with Gasteiger partial charge in [0.25, 0.3) is 21.0 Å². The van der Waals surface area contributed by atoms with E-state index in [4.69, 9.17) is 46.4 Å². The van der Waals surface area contributed by atoms with Crippen LogP contribution in [0.5, 0.6) is 0 Å². The molecule has 2 heterocycles. The van der Waals surface area contributed by atoms with Gasteiger partial charge in [0.15, 0.2) is 0 Å². The topological polar surface area (TPSA) is 89.2 Å². The van der Waals surface area contributed by atoms with Gasteiger partial charge in [-0.3, -0.25) is 4.72 Å². The summed E-state index contributed by atoms with van der Waals surface area (Å²) < 4.78 is 28.1. The number of para-hydroxylation sites is 1. The first-order valence-electron chi connectivity index (χ1n) is 5.83. The normalized spacial score (nSPS) is 11.8. The molecule has 0 saturated heterocycles. The molecule has 0 atom stereocenters. The summed E-state index contributed by atoms with van der Waals surface area (Å²) in [6.07, 6.45) is 0. The van der Waals surface area contributed by atoms with Crippen molar-refractivity contribution in [3.63, 3.8) is 0 Å². The van der Waals surface area contributed by atoms with Crippen molar-refractivity contribution in [3.05, 3.63) is 44.6 Å². The lowest BCUT2D eigenvalue weighted by Crippen LogP contribution is -2.15. The largest absolute Gasteiger partial charge is 0.299 e. The van der Waals surface area contributed by atoms with Crippen molar-refractivity contribution in [2.75, 3.05) is 4.72 Å². The highest BCUT2D eigenvalue weighted by Crippen LogP contribution is 2.31. The zero-order valence-corrected chi connectivity index (χ0v) is 14.7. The first-order valence-corrected chi connectivity index (χ1v) is 8.83.